The van der Waals surface area contributed by atoms with E-state index in [1.807, 2.05) is 0 Å². The maximum atomic E-state index is 12.4. The minimum Gasteiger partial charge on any atom is -0.497 e. The standard InChI is InChI=1S/C16H22N2O5/c1-12(19)18(11-16(20)17-6-8-23-9-7-17)14-5-4-13(21-2)10-15(14)22-3/h4-5,10H,6-9,11H2,1-3H3. The van der Waals surface area contributed by atoms with Crippen molar-refractivity contribution >= 4 is 17.5 Å². The molecule has 1 aliphatic heterocycles. The molecule has 1 heterocycles. The summed E-state index contributed by atoms with van der Waals surface area (Å²) in [5.74, 6) is 0.763. The van der Waals surface area contributed by atoms with Gasteiger partial charge in [-0.15, -0.1) is 0 Å². The number of nitrogens with zero attached hydrogens (tertiary/aromatic N) is 2. The van der Waals surface area contributed by atoms with E-state index in [0.717, 1.165) is 0 Å². The maximum Gasteiger partial charge on any atom is 0.242 e. The first-order valence-electron chi connectivity index (χ1n) is 7.42. The first kappa shape index (κ1) is 17.1. The van der Waals surface area contributed by atoms with Crippen LogP contribution in [0.1, 0.15) is 6.92 Å². The van der Waals surface area contributed by atoms with E-state index in [9.17, 15) is 9.59 Å². The largest absolute Gasteiger partial charge is 0.497 e. The fourth-order valence-corrected chi connectivity index (χ4v) is 2.42. The third kappa shape index (κ3) is 4.13. The zero-order valence-electron chi connectivity index (χ0n) is 13.7. The van der Waals surface area contributed by atoms with Gasteiger partial charge in [0.25, 0.3) is 0 Å². The number of hydrogen-bond donors (Lipinski definition) is 0. The molecule has 0 atom stereocenters. The summed E-state index contributed by atoms with van der Waals surface area (Å²) in [5, 5.41) is 0. The van der Waals surface area contributed by atoms with E-state index in [1.54, 1.807) is 30.2 Å². The highest BCUT2D eigenvalue weighted by Crippen LogP contribution is 2.32. The van der Waals surface area contributed by atoms with Gasteiger partial charge in [-0.1, -0.05) is 0 Å². The van der Waals surface area contributed by atoms with Crippen LogP contribution in [0.2, 0.25) is 0 Å². The molecule has 0 spiro atoms. The Labute approximate surface area is 135 Å². The van der Waals surface area contributed by atoms with Gasteiger partial charge in [0.15, 0.2) is 0 Å². The Bertz CT molecular complexity index is 570. The molecule has 0 bridgehead atoms. The first-order valence-corrected chi connectivity index (χ1v) is 7.42. The lowest BCUT2D eigenvalue weighted by Gasteiger charge is -2.30. The highest BCUT2D eigenvalue weighted by Gasteiger charge is 2.24. The van der Waals surface area contributed by atoms with Gasteiger partial charge >= 0.3 is 0 Å². The predicted octanol–water partition coefficient (Wildman–Crippen LogP) is 0.915. The van der Waals surface area contributed by atoms with Gasteiger partial charge in [-0.05, 0) is 12.1 Å². The van der Waals surface area contributed by atoms with E-state index < -0.39 is 0 Å². The van der Waals surface area contributed by atoms with Gasteiger partial charge in [0.1, 0.15) is 18.0 Å². The molecule has 1 aromatic rings. The van der Waals surface area contributed by atoms with Crippen molar-refractivity contribution in [3.05, 3.63) is 18.2 Å². The molecule has 2 rings (SSSR count). The number of hydrogen-bond acceptors (Lipinski definition) is 5. The quantitative estimate of drug-likeness (QED) is 0.806. The highest BCUT2D eigenvalue weighted by molar-refractivity contribution is 5.98. The summed E-state index contributed by atoms with van der Waals surface area (Å²) >= 11 is 0. The number of amides is 2. The predicted molar refractivity (Wildman–Crippen MR) is 85.0 cm³/mol. The molecule has 1 fully saturated rings. The number of benzene rings is 1. The van der Waals surface area contributed by atoms with Crippen LogP contribution in [-0.2, 0) is 14.3 Å². The number of carbonyl (C=O) groups excluding carboxylic acids is 2. The molecule has 126 valence electrons. The Morgan fingerprint density at radius 3 is 2.48 bits per heavy atom. The first-order chi connectivity index (χ1) is 11.1. The maximum absolute atomic E-state index is 12.4. The van der Waals surface area contributed by atoms with Crippen molar-refractivity contribution < 1.29 is 23.8 Å². The summed E-state index contributed by atoms with van der Waals surface area (Å²) in [6.45, 7) is 3.54. The Balaban J connectivity index is 2.21. The minimum absolute atomic E-state index is 0.0297. The van der Waals surface area contributed by atoms with Crippen LogP contribution in [0.5, 0.6) is 11.5 Å². The number of methoxy groups -OCH3 is 2. The number of anilines is 1. The van der Waals surface area contributed by atoms with Crippen molar-refractivity contribution in [3.8, 4) is 11.5 Å². The number of morpholine rings is 1. The number of rotatable bonds is 5. The Kier molecular flexibility index (Phi) is 5.81. The van der Waals surface area contributed by atoms with Crippen molar-refractivity contribution in [1.29, 1.82) is 0 Å². The molecule has 0 unspecified atom stereocenters. The number of carbonyl (C=O) groups is 2. The lowest BCUT2D eigenvalue weighted by atomic mass is 10.2. The highest BCUT2D eigenvalue weighted by atomic mass is 16.5. The van der Waals surface area contributed by atoms with Gasteiger partial charge in [0.2, 0.25) is 11.8 Å². The SMILES string of the molecule is COc1ccc(N(CC(=O)N2CCOCC2)C(C)=O)c(OC)c1. The van der Waals surface area contributed by atoms with Crippen molar-refractivity contribution in [1.82, 2.24) is 4.90 Å². The van der Waals surface area contributed by atoms with Crippen LogP contribution in [0, 0.1) is 0 Å². The topological polar surface area (TPSA) is 68.3 Å². The molecule has 0 aliphatic carbocycles. The molecule has 1 aromatic carbocycles. The smallest absolute Gasteiger partial charge is 0.242 e. The molecular formula is C16H22N2O5. The molecule has 0 radical (unpaired) electrons. The molecule has 7 heteroatoms. The molecule has 0 aromatic heterocycles. The van der Waals surface area contributed by atoms with E-state index >= 15 is 0 Å². The van der Waals surface area contributed by atoms with Crippen molar-refractivity contribution in [2.24, 2.45) is 0 Å². The third-order valence-corrected chi connectivity index (χ3v) is 3.71. The lowest BCUT2D eigenvalue weighted by molar-refractivity contribution is -0.134. The van der Waals surface area contributed by atoms with E-state index in [-0.39, 0.29) is 18.4 Å². The second kappa shape index (κ2) is 7.82. The summed E-state index contributed by atoms with van der Waals surface area (Å²) < 4.78 is 15.7. The van der Waals surface area contributed by atoms with Crippen LogP contribution in [0.4, 0.5) is 5.69 Å². The van der Waals surface area contributed by atoms with Gasteiger partial charge in [0, 0.05) is 26.1 Å². The average Bonchev–Trinajstić information content (AvgIpc) is 2.59. The normalized spacial score (nSPS) is 14.3. The summed E-state index contributed by atoms with van der Waals surface area (Å²) in [7, 11) is 3.07. The molecule has 7 nitrogen and oxygen atoms in total. The summed E-state index contributed by atoms with van der Waals surface area (Å²) in [6.07, 6.45) is 0. The molecular weight excluding hydrogens is 300 g/mol. The van der Waals surface area contributed by atoms with Crippen molar-refractivity contribution in [3.63, 3.8) is 0 Å². The fraction of sp³-hybridized carbons (Fsp3) is 0.500. The second-order valence-electron chi connectivity index (χ2n) is 5.14. The summed E-state index contributed by atoms with van der Waals surface area (Å²) in [6, 6.07) is 5.13. The van der Waals surface area contributed by atoms with Gasteiger partial charge < -0.3 is 19.1 Å². The van der Waals surface area contributed by atoms with Crippen LogP contribution in [-0.4, -0.2) is 63.8 Å². The Morgan fingerprint density at radius 2 is 1.91 bits per heavy atom. The van der Waals surface area contributed by atoms with Crippen LogP contribution < -0.4 is 14.4 Å². The van der Waals surface area contributed by atoms with Crippen LogP contribution >= 0.6 is 0 Å². The van der Waals surface area contributed by atoms with Crippen molar-refractivity contribution in [2.45, 2.75) is 6.92 Å². The molecule has 0 saturated carbocycles. The van der Waals surface area contributed by atoms with E-state index in [0.29, 0.717) is 43.5 Å². The van der Waals surface area contributed by atoms with Gasteiger partial charge in [-0.2, -0.15) is 0 Å². The van der Waals surface area contributed by atoms with Crippen molar-refractivity contribution in [2.75, 3.05) is 52.0 Å². The minimum atomic E-state index is -0.227. The Hall–Kier alpha value is -2.28. The van der Waals surface area contributed by atoms with E-state index in [2.05, 4.69) is 0 Å². The molecule has 0 N–H and O–H groups in total. The van der Waals surface area contributed by atoms with Crippen LogP contribution in [0.25, 0.3) is 0 Å². The monoisotopic (exact) mass is 322 g/mol. The van der Waals surface area contributed by atoms with E-state index in [4.69, 9.17) is 14.2 Å². The lowest BCUT2D eigenvalue weighted by Crippen LogP contribution is -2.46. The van der Waals surface area contributed by atoms with E-state index in [1.165, 1.54) is 18.9 Å². The fourth-order valence-electron chi connectivity index (χ4n) is 2.42. The zero-order valence-corrected chi connectivity index (χ0v) is 13.7. The molecule has 2 amide bonds. The third-order valence-electron chi connectivity index (χ3n) is 3.71. The van der Waals surface area contributed by atoms with Crippen LogP contribution in [0.3, 0.4) is 0 Å². The summed E-state index contributed by atoms with van der Waals surface area (Å²) in [5.41, 5.74) is 0.544. The van der Waals surface area contributed by atoms with Gasteiger partial charge in [-0.3, -0.25) is 14.5 Å². The molecule has 23 heavy (non-hydrogen) atoms. The van der Waals surface area contributed by atoms with Crippen LogP contribution in [0.15, 0.2) is 18.2 Å². The average molecular weight is 322 g/mol. The Morgan fingerprint density at radius 1 is 1.22 bits per heavy atom. The second-order valence-corrected chi connectivity index (χ2v) is 5.14. The van der Waals surface area contributed by atoms with Gasteiger partial charge in [0.05, 0.1) is 33.1 Å². The summed E-state index contributed by atoms with van der Waals surface area (Å²) in [4.78, 5) is 27.6. The number of ether oxygens (including phenoxy) is 3. The van der Waals surface area contributed by atoms with Gasteiger partial charge in [-0.25, -0.2) is 0 Å². The molecule has 1 saturated heterocycles. The molecule has 1 aliphatic rings. The zero-order chi connectivity index (χ0) is 16.8.